The van der Waals surface area contributed by atoms with E-state index in [1.807, 2.05) is 12.1 Å². The number of piperazine rings is 1. The fourth-order valence-electron chi connectivity index (χ4n) is 4.22. The standard InChI is InChI=1S/C21H29N3O4S2/c1-16-15-28-17(2)12-22(16)13-19-14-23(30(26,27)21-4-3-11-29-21)9-10-24(19)18-5-7-20(25)8-6-18/h3-8,11,16-17,19,25H,9-10,12-15H2,1-2H3/t16-,17-,19-/m1/s1. The summed E-state index contributed by atoms with van der Waals surface area (Å²) in [5.74, 6) is 0.227. The minimum absolute atomic E-state index is 0.00535. The molecular weight excluding hydrogens is 422 g/mol. The minimum atomic E-state index is -3.49. The van der Waals surface area contributed by atoms with Crippen molar-refractivity contribution in [1.82, 2.24) is 9.21 Å². The number of benzene rings is 1. The zero-order valence-electron chi connectivity index (χ0n) is 17.3. The van der Waals surface area contributed by atoms with Crippen molar-refractivity contribution in [3.05, 3.63) is 41.8 Å². The van der Waals surface area contributed by atoms with Crippen LogP contribution < -0.4 is 4.90 Å². The van der Waals surface area contributed by atoms with Crippen molar-refractivity contribution in [3.63, 3.8) is 0 Å². The van der Waals surface area contributed by atoms with Crippen LogP contribution in [0.4, 0.5) is 5.69 Å². The Morgan fingerprint density at radius 3 is 2.60 bits per heavy atom. The van der Waals surface area contributed by atoms with Crippen LogP contribution in [0.25, 0.3) is 0 Å². The van der Waals surface area contributed by atoms with Gasteiger partial charge in [0.05, 0.1) is 18.8 Å². The Morgan fingerprint density at radius 1 is 1.13 bits per heavy atom. The van der Waals surface area contributed by atoms with Crippen molar-refractivity contribution in [2.75, 3.05) is 44.2 Å². The molecule has 1 aromatic heterocycles. The van der Waals surface area contributed by atoms with Crippen molar-refractivity contribution >= 4 is 27.0 Å². The van der Waals surface area contributed by atoms with E-state index < -0.39 is 10.0 Å². The third-order valence-electron chi connectivity index (χ3n) is 5.90. The molecule has 7 nitrogen and oxygen atoms in total. The zero-order chi connectivity index (χ0) is 21.3. The number of hydrogen-bond acceptors (Lipinski definition) is 7. The van der Waals surface area contributed by atoms with Gasteiger partial charge >= 0.3 is 0 Å². The van der Waals surface area contributed by atoms with Gasteiger partial charge in [-0.1, -0.05) is 6.07 Å². The number of rotatable bonds is 5. The molecular formula is C21H29N3O4S2. The van der Waals surface area contributed by atoms with Crippen molar-refractivity contribution in [3.8, 4) is 5.75 Å². The van der Waals surface area contributed by atoms with Gasteiger partial charge < -0.3 is 14.7 Å². The average molecular weight is 452 g/mol. The lowest BCUT2D eigenvalue weighted by molar-refractivity contribution is -0.0519. The summed E-state index contributed by atoms with van der Waals surface area (Å²) in [5, 5.41) is 11.5. The number of hydrogen-bond donors (Lipinski definition) is 1. The number of morpholine rings is 1. The van der Waals surface area contributed by atoms with E-state index in [1.165, 1.54) is 11.3 Å². The van der Waals surface area contributed by atoms with Crippen LogP contribution in [-0.2, 0) is 14.8 Å². The molecule has 2 aliphatic heterocycles. The number of aromatic hydroxyl groups is 1. The van der Waals surface area contributed by atoms with Gasteiger partial charge in [0.2, 0.25) is 0 Å². The topological polar surface area (TPSA) is 73.3 Å². The molecule has 4 rings (SSSR count). The monoisotopic (exact) mass is 451 g/mol. The van der Waals surface area contributed by atoms with E-state index in [0.717, 1.165) is 18.8 Å². The molecule has 2 aliphatic rings. The Hall–Kier alpha value is -1.65. The minimum Gasteiger partial charge on any atom is -0.508 e. The lowest BCUT2D eigenvalue weighted by atomic mass is 10.1. The summed E-state index contributed by atoms with van der Waals surface area (Å²) < 4.78 is 34.1. The Kier molecular flexibility index (Phi) is 6.36. The van der Waals surface area contributed by atoms with Crippen LogP contribution in [0, 0.1) is 0 Å². The third kappa shape index (κ3) is 4.50. The molecule has 0 radical (unpaired) electrons. The van der Waals surface area contributed by atoms with Crippen LogP contribution in [0.5, 0.6) is 5.75 Å². The third-order valence-corrected chi connectivity index (χ3v) is 9.14. The van der Waals surface area contributed by atoms with Gasteiger partial charge in [-0.05, 0) is 49.6 Å². The summed E-state index contributed by atoms with van der Waals surface area (Å²) in [6.45, 7) is 7.97. The van der Waals surface area contributed by atoms with Crippen molar-refractivity contribution in [2.45, 2.75) is 36.2 Å². The molecule has 0 amide bonds. The Labute approximate surface area is 182 Å². The lowest BCUT2D eigenvalue weighted by Crippen LogP contribution is -2.60. The molecule has 0 bridgehead atoms. The van der Waals surface area contributed by atoms with Crippen LogP contribution >= 0.6 is 11.3 Å². The number of phenols is 1. The largest absolute Gasteiger partial charge is 0.508 e. The molecule has 3 heterocycles. The highest BCUT2D eigenvalue weighted by Crippen LogP contribution is 2.28. The van der Waals surface area contributed by atoms with Crippen LogP contribution in [0.3, 0.4) is 0 Å². The first-order valence-electron chi connectivity index (χ1n) is 10.3. The second-order valence-corrected chi connectivity index (χ2v) is 11.2. The highest BCUT2D eigenvalue weighted by atomic mass is 32.2. The predicted molar refractivity (Wildman–Crippen MR) is 119 cm³/mol. The summed E-state index contributed by atoms with van der Waals surface area (Å²) >= 11 is 1.26. The summed E-state index contributed by atoms with van der Waals surface area (Å²) in [6, 6.07) is 10.9. The number of thiophene rings is 1. The number of sulfonamides is 1. The molecule has 164 valence electrons. The zero-order valence-corrected chi connectivity index (χ0v) is 19.0. The molecule has 2 aromatic rings. The fourth-order valence-corrected chi connectivity index (χ4v) is 6.83. The quantitative estimate of drug-likeness (QED) is 0.753. The van der Waals surface area contributed by atoms with E-state index in [0.29, 0.717) is 30.5 Å². The van der Waals surface area contributed by atoms with E-state index in [2.05, 4.69) is 23.6 Å². The maximum Gasteiger partial charge on any atom is 0.252 e. The molecule has 0 aliphatic carbocycles. The smallest absolute Gasteiger partial charge is 0.252 e. The normalized spacial score (nSPS) is 26.7. The van der Waals surface area contributed by atoms with Crippen LogP contribution in [-0.4, -0.2) is 80.2 Å². The van der Waals surface area contributed by atoms with Gasteiger partial charge in [0.25, 0.3) is 10.0 Å². The first-order chi connectivity index (χ1) is 14.3. The first kappa shape index (κ1) is 21.6. The van der Waals surface area contributed by atoms with Crippen molar-refractivity contribution in [2.24, 2.45) is 0 Å². The summed E-state index contributed by atoms with van der Waals surface area (Å²) in [6.07, 6.45) is 0.165. The molecule has 1 N–H and O–H groups in total. The van der Waals surface area contributed by atoms with Gasteiger partial charge in [-0.15, -0.1) is 11.3 Å². The highest BCUT2D eigenvalue weighted by Gasteiger charge is 2.37. The van der Waals surface area contributed by atoms with Gasteiger partial charge in [0.1, 0.15) is 9.96 Å². The number of nitrogens with zero attached hydrogens (tertiary/aromatic N) is 3. The fraction of sp³-hybridized carbons (Fsp3) is 0.524. The van der Waals surface area contributed by atoms with Gasteiger partial charge in [-0.2, -0.15) is 4.31 Å². The number of ether oxygens (including phenoxy) is 1. The molecule has 9 heteroatoms. The second kappa shape index (κ2) is 8.84. The molecule has 2 saturated heterocycles. The molecule has 3 atom stereocenters. The lowest BCUT2D eigenvalue weighted by Gasteiger charge is -2.46. The summed E-state index contributed by atoms with van der Waals surface area (Å²) in [7, 11) is -3.49. The average Bonchev–Trinajstić information content (AvgIpc) is 3.27. The van der Waals surface area contributed by atoms with E-state index >= 15 is 0 Å². The Morgan fingerprint density at radius 2 is 1.90 bits per heavy atom. The summed E-state index contributed by atoms with van der Waals surface area (Å²) in [5.41, 5.74) is 1.000. The van der Waals surface area contributed by atoms with Gasteiger partial charge in [-0.3, -0.25) is 4.90 Å². The Balaban J connectivity index is 1.59. The second-order valence-electron chi connectivity index (χ2n) is 8.11. The molecule has 0 spiro atoms. The molecule has 1 aromatic carbocycles. The maximum absolute atomic E-state index is 13.1. The molecule has 30 heavy (non-hydrogen) atoms. The number of phenolic OH excluding ortho intramolecular Hbond substituents is 1. The van der Waals surface area contributed by atoms with Gasteiger partial charge in [0, 0.05) is 44.5 Å². The van der Waals surface area contributed by atoms with Gasteiger partial charge in [-0.25, -0.2) is 8.42 Å². The Bertz CT molecular complexity index is 934. The van der Waals surface area contributed by atoms with Crippen molar-refractivity contribution in [1.29, 1.82) is 0 Å². The maximum atomic E-state index is 13.1. The SMILES string of the molecule is C[C@@H]1CN(C[C@@H]2CN(S(=O)(=O)c3cccs3)CCN2c2ccc(O)cc2)[C@H](C)CO1. The molecule has 2 fully saturated rings. The molecule has 0 unspecified atom stereocenters. The van der Waals surface area contributed by atoms with E-state index in [9.17, 15) is 13.5 Å². The molecule has 0 saturated carbocycles. The van der Waals surface area contributed by atoms with Gasteiger partial charge in [0.15, 0.2) is 0 Å². The highest BCUT2D eigenvalue weighted by molar-refractivity contribution is 7.91. The van der Waals surface area contributed by atoms with Crippen LogP contribution in [0.15, 0.2) is 46.0 Å². The van der Waals surface area contributed by atoms with E-state index in [1.54, 1.807) is 34.0 Å². The van der Waals surface area contributed by atoms with Crippen LogP contribution in [0.2, 0.25) is 0 Å². The first-order valence-corrected chi connectivity index (χ1v) is 12.6. The number of anilines is 1. The van der Waals surface area contributed by atoms with Crippen LogP contribution in [0.1, 0.15) is 13.8 Å². The van der Waals surface area contributed by atoms with E-state index in [-0.39, 0.29) is 23.9 Å². The van der Waals surface area contributed by atoms with Crippen molar-refractivity contribution < 1.29 is 18.3 Å². The summed E-state index contributed by atoms with van der Waals surface area (Å²) in [4.78, 5) is 4.67. The predicted octanol–water partition coefficient (Wildman–Crippen LogP) is 2.44. The van der Waals surface area contributed by atoms with E-state index in [4.69, 9.17) is 4.74 Å².